The number of carboxylic acids is 1. The summed E-state index contributed by atoms with van der Waals surface area (Å²) in [6.45, 7) is 0.553. The smallest absolute Gasteiger partial charge is 0.326 e. The highest BCUT2D eigenvalue weighted by Crippen LogP contribution is 2.34. The standard InChI is InChI=1S/C23H26ClFN4O5/c24-14-5-6-15(25)19-13(14)10-17(27-19)22(32)28-16(8-11-3-4-11)21(31)29-18(23(33)34)9-12-2-1-7-26-20(12)30/h5-6,10-12,16,18,27H,1-4,7-9H2,(H,26,30)(H,28,32)(H,29,31)(H,33,34)/t12-,16?,18?/m0/s1. The van der Waals surface area contributed by atoms with Crippen molar-refractivity contribution in [3.63, 3.8) is 0 Å². The Morgan fingerprint density at radius 1 is 1.15 bits per heavy atom. The van der Waals surface area contributed by atoms with Crippen LogP contribution in [0.15, 0.2) is 18.2 Å². The van der Waals surface area contributed by atoms with Crippen molar-refractivity contribution in [2.24, 2.45) is 11.8 Å². The van der Waals surface area contributed by atoms with Crippen molar-refractivity contribution in [3.05, 3.63) is 34.7 Å². The summed E-state index contributed by atoms with van der Waals surface area (Å²) in [5.74, 6) is -3.56. The van der Waals surface area contributed by atoms with Gasteiger partial charge in [-0.25, -0.2) is 9.18 Å². The molecule has 11 heteroatoms. The second-order valence-corrected chi connectivity index (χ2v) is 9.38. The highest BCUT2D eigenvalue weighted by atomic mass is 35.5. The predicted molar refractivity (Wildman–Crippen MR) is 122 cm³/mol. The van der Waals surface area contributed by atoms with Gasteiger partial charge in [0.2, 0.25) is 11.8 Å². The van der Waals surface area contributed by atoms with Crippen molar-refractivity contribution in [2.45, 2.75) is 50.6 Å². The number of halogens is 2. The summed E-state index contributed by atoms with van der Waals surface area (Å²) in [7, 11) is 0. The van der Waals surface area contributed by atoms with E-state index in [-0.39, 0.29) is 34.5 Å². The van der Waals surface area contributed by atoms with Gasteiger partial charge in [0.05, 0.1) is 10.5 Å². The lowest BCUT2D eigenvalue weighted by Gasteiger charge is -2.26. The Morgan fingerprint density at radius 3 is 2.56 bits per heavy atom. The summed E-state index contributed by atoms with van der Waals surface area (Å²) >= 11 is 6.09. The molecule has 2 fully saturated rings. The lowest BCUT2D eigenvalue weighted by molar-refractivity contribution is -0.143. The average Bonchev–Trinajstić information content (AvgIpc) is 3.49. The first-order valence-electron chi connectivity index (χ1n) is 11.3. The number of nitrogens with one attached hydrogen (secondary N) is 4. The van der Waals surface area contributed by atoms with Gasteiger partial charge >= 0.3 is 5.97 Å². The lowest BCUT2D eigenvalue weighted by atomic mass is 9.91. The summed E-state index contributed by atoms with van der Waals surface area (Å²) in [6, 6.07) is 1.74. The van der Waals surface area contributed by atoms with Gasteiger partial charge in [-0.3, -0.25) is 14.4 Å². The first-order valence-corrected chi connectivity index (χ1v) is 11.7. The van der Waals surface area contributed by atoms with Crippen LogP contribution in [0.4, 0.5) is 4.39 Å². The Morgan fingerprint density at radius 2 is 1.91 bits per heavy atom. The molecule has 1 aromatic heterocycles. The Labute approximate surface area is 199 Å². The van der Waals surface area contributed by atoms with Crippen molar-refractivity contribution in [1.29, 1.82) is 0 Å². The fourth-order valence-corrected chi connectivity index (χ4v) is 4.48. The largest absolute Gasteiger partial charge is 0.480 e. The van der Waals surface area contributed by atoms with E-state index in [1.807, 2.05) is 0 Å². The summed E-state index contributed by atoms with van der Waals surface area (Å²) in [5.41, 5.74) is 0.113. The minimum absolute atomic E-state index is 0.0310. The number of rotatable bonds is 9. The van der Waals surface area contributed by atoms with E-state index in [0.717, 1.165) is 19.3 Å². The second-order valence-electron chi connectivity index (χ2n) is 8.97. The van der Waals surface area contributed by atoms with Crippen LogP contribution >= 0.6 is 11.6 Å². The van der Waals surface area contributed by atoms with Crippen LogP contribution in [0.2, 0.25) is 5.02 Å². The molecule has 0 spiro atoms. The van der Waals surface area contributed by atoms with E-state index in [0.29, 0.717) is 24.8 Å². The Bertz CT molecular complexity index is 1090. The van der Waals surface area contributed by atoms with Crippen LogP contribution in [-0.2, 0) is 14.4 Å². The number of fused-ring (bicyclic) bond motifs is 1. The number of aliphatic carboxylic acids is 1. The van der Waals surface area contributed by atoms with Gasteiger partial charge in [0.1, 0.15) is 23.6 Å². The highest BCUT2D eigenvalue weighted by molar-refractivity contribution is 6.35. The zero-order valence-corrected chi connectivity index (χ0v) is 19.1. The van der Waals surface area contributed by atoms with Crippen LogP contribution in [0.3, 0.4) is 0 Å². The average molecular weight is 493 g/mol. The van der Waals surface area contributed by atoms with Gasteiger partial charge in [-0.05, 0) is 49.8 Å². The zero-order valence-electron chi connectivity index (χ0n) is 18.3. The van der Waals surface area contributed by atoms with E-state index in [9.17, 15) is 28.7 Å². The molecule has 1 aliphatic carbocycles. The normalized spacial score (nSPS) is 19.8. The fourth-order valence-electron chi connectivity index (χ4n) is 4.27. The van der Waals surface area contributed by atoms with Crippen molar-refractivity contribution in [2.75, 3.05) is 6.54 Å². The number of carboxylic acid groups (broad SMARTS) is 1. The summed E-state index contributed by atoms with van der Waals surface area (Å²) < 4.78 is 14.1. The maximum atomic E-state index is 14.1. The van der Waals surface area contributed by atoms with Crippen LogP contribution in [0.25, 0.3) is 10.9 Å². The van der Waals surface area contributed by atoms with Gasteiger partial charge in [0.15, 0.2) is 0 Å². The number of H-pyrrole nitrogens is 1. The molecule has 3 amide bonds. The van der Waals surface area contributed by atoms with Gasteiger partial charge in [0, 0.05) is 17.8 Å². The van der Waals surface area contributed by atoms with Gasteiger partial charge in [-0.15, -0.1) is 0 Å². The maximum Gasteiger partial charge on any atom is 0.326 e. The van der Waals surface area contributed by atoms with E-state index >= 15 is 0 Å². The molecule has 2 aromatic rings. The predicted octanol–water partition coefficient (Wildman–Crippen LogP) is 2.34. The van der Waals surface area contributed by atoms with Crippen LogP contribution in [0.5, 0.6) is 0 Å². The van der Waals surface area contributed by atoms with Crippen molar-refractivity contribution in [1.82, 2.24) is 20.9 Å². The number of aromatic nitrogens is 1. The molecule has 1 aliphatic heterocycles. The molecule has 34 heavy (non-hydrogen) atoms. The van der Waals surface area contributed by atoms with Crippen molar-refractivity contribution >= 4 is 46.2 Å². The fraction of sp³-hybridized carbons (Fsp3) is 0.478. The molecule has 182 valence electrons. The summed E-state index contributed by atoms with van der Waals surface area (Å²) in [5, 5.41) is 18.1. The van der Waals surface area contributed by atoms with Crippen LogP contribution in [-0.4, -0.2) is 52.4 Å². The third-order valence-electron chi connectivity index (χ3n) is 6.36. The number of hydrogen-bond acceptors (Lipinski definition) is 4. The minimum atomic E-state index is -1.26. The minimum Gasteiger partial charge on any atom is -0.480 e. The quantitative estimate of drug-likeness (QED) is 0.365. The van der Waals surface area contributed by atoms with E-state index in [4.69, 9.17) is 11.6 Å². The third-order valence-corrected chi connectivity index (χ3v) is 6.69. The third kappa shape index (κ3) is 5.49. The van der Waals surface area contributed by atoms with E-state index in [1.54, 1.807) is 0 Å². The molecule has 9 nitrogen and oxygen atoms in total. The molecule has 0 radical (unpaired) electrons. The topological polar surface area (TPSA) is 140 Å². The molecule has 1 aromatic carbocycles. The van der Waals surface area contributed by atoms with E-state index in [1.165, 1.54) is 18.2 Å². The zero-order chi connectivity index (χ0) is 24.4. The van der Waals surface area contributed by atoms with Crippen LogP contribution in [0, 0.1) is 17.7 Å². The molecule has 1 saturated carbocycles. The van der Waals surface area contributed by atoms with Crippen molar-refractivity contribution < 1.29 is 28.7 Å². The molecule has 2 heterocycles. The first-order chi connectivity index (χ1) is 16.2. The highest BCUT2D eigenvalue weighted by Gasteiger charge is 2.35. The molecular formula is C23H26ClFN4O5. The molecule has 2 unspecified atom stereocenters. The number of carbonyl (C=O) groups excluding carboxylic acids is 3. The Kier molecular flexibility index (Phi) is 7.06. The summed E-state index contributed by atoms with van der Waals surface area (Å²) in [4.78, 5) is 52.4. The number of carbonyl (C=O) groups is 4. The number of hydrogen-bond donors (Lipinski definition) is 5. The second kappa shape index (κ2) is 10.0. The number of benzene rings is 1. The number of aromatic amines is 1. The monoisotopic (exact) mass is 492 g/mol. The molecular weight excluding hydrogens is 467 g/mol. The molecule has 4 rings (SSSR count). The van der Waals surface area contributed by atoms with Gasteiger partial charge in [-0.1, -0.05) is 24.4 Å². The van der Waals surface area contributed by atoms with Gasteiger partial charge < -0.3 is 26.0 Å². The molecule has 3 atom stereocenters. The van der Waals surface area contributed by atoms with Crippen LogP contribution < -0.4 is 16.0 Å². The molecule has 2 aliphatic rings. The molecule has 0 bridgehead atoms. The van der Waals surface area contributed by atoms with Crippen LogP contribution in [0.1, 0.15) is 49.0 Å². The Balaban J connectivity index is 1.47. The first kappa shape index (κ1) is 24.0. The SMILES string of the molecule is O=C(NC(CC1CC1)C(=O)NC(C[C@@H]1CCCNC1=O)C(=O)O)c1cc2c(Cl)ccc(F)c2[nH]1. The van der Waals surface area contributed by atoms with E-state index in [2.05, 4.69) is 20.9 Å². The molecule has 1 saturated heterocycles. The lowest BCUT2D eigenvalue weighted by Crippen LogP contribution is -2.53. The summed E-state index contributed by atoms with van der Waals surface area (Å²) in [6.07, 6.45) is 3.44. The van der Waals surface area contributed by atoms with Gasteiger partial charge in [-0.2, -0.15) is 0 Å². The molecule has 5 N–H and O–H groups in total. The number of piperidine rings is 1. The maximum absolute atomic E-state index is 14.1. The Hall–Kier alpha value is -3.14. The van der Waals surface area contributed by atoms with Crippen molar-refractivity contribution in [3.8, 4) is 0 Å². The van der Waals surface area contributed by atoms with E-state index < -0.39 is 41.6 Å². The van der Waals surface area contributed by atoms with Gasteiger partial charge in [0.25, 0.3) is 5.91 Å². The number of amides is 3.